The SMILES string of the molecule is CCOC(=O)c1[nH]c2cc(OCc3ccccc3)c(OC)cc2c1-c1ccc(OC)cc1. The monoisotopic (exact) mass is 431 g/mol. The van der Waals surface area contributed by atoms with E-state index in [-0.39, 0.29) is 6.61 Å². The van der Waals surface area contributed by atoms with Gasteiger partial charge in [-0.15, -0.1) is 0 Å². The summed E-state index contributed by atoms with van der Waals surface area (Å²) in [5.41, 5.74) is 3.79. The number of methoxy groups -OCH3 is 2. The van der Waals surface area contributed by atoms with Crippen LogP contribution in [0.3, 0.4) is 0 Å². The molecule has 0 radical (unpaired) electrons. The van der Waals surface area contributed by atoms with Crippen LogP contribution < -0.4 is 14.2 Å². The van der Waals surface area contributed by atoms with Crippen LogP contribution in [0.25, 0.3) is 22.0 Å². The van der Waals surface area contributed by atoms with E-state index in [4.69, 9.17) is 18.9 Å². The van der Waals surface area contributed by atoms with Crippen molar-refractivity contribution in [1.29, 1.82) is 0 Å². The van der Waals surface area contributed by atoms with Crippen molar-refractivity contribution in [2.45, 2.75) is 13.5 Å². The van der Waals surface area contributed by atoms with Crippen LogP contribution in [0.15, 0.2) is 66.7 Å². The van der Waals surface area contributed by atoms with E-state index >= 15 is 0 Å². The molecule has 32 heavy (non-hydrogen) atoms. The average molecular weight is 431 g/mol. The van der Waals surface area contributed by atoms with Crippen LogP contribution in [0, 0.1) is 0 Å². The zero-order chi connectivity index (χ0) is 22.5. The van der Waals surface area contributed by atoms with Gasteiger partial charge in [0.15, 0.2) is 11.5 Å². The Morgan fingerprint density at radius 1 is 0.906 bits per heavy atom. The lowest BCUT2D eigenvalue weighted by molar-refractivity contribution is 0.0521. The lowest BCUT2D eigenvalue weighted by atomic mass is 10.0. The van der Waals surface area contributed by atoms with Gasteiger partial charge in [0.25, 0.3) is 0 Å². The van der Waals surface area contributed by atoms with Gasteiger partial charge in [0.2, 0.25) is 0 Å². The van der Waals surface area contributed by atoms with Crippen LogP contribution >= 0.6 is 0 Å². The minimum Gasteiger partial charge on any atom is -0.497 e. The summed E-state index contributed by atoms with van der Waals surface area (Å²) < 4.78 is 22.2. The van der Waals surface area contributed by atoms with Gasteiger partial charge in [-0.2, -0.15) is 0 Å². The Bertz CT molecular complexity index is 1210. The Hall–Kier alpha value is -3.93. The van der Waals surface area contributed by atoms with Gasteiger partial charge < -0.3 is 23.9 Å². The number of carbonyl (C=O) groups excluding carboxylic acids is 1. The third kappa shape index (κ3) is 4.25. The first-order chi connectivity index (χ1) is 15.6. The molecule has 3 aromatic carbocycles. The first kappa shape index (κ1) is 21.3. The van der Waals surface area contributed by atoms with Gasteiger partial charge in [0.05, 0.1) is 26.3 Å². The number of hydrogen-bond donors (Lipinski definition) is 1. The molecule has 4 aromatic rings. The predicted octanol–water partition coefficient (Wildman–Crippen LogP) is 5.61. The molecular weight excluding hydrogens is 406 g/mol. The number of H-pyrrole nitrogens is 1. The largest absolute Gasteiger partial charge is 0.497 e. The number of aromatic amines is 1. The predicted molar refractivity (Wildman–Crippen MR) is 124 cm³/mol. The Morgan fingerprint density at radius 2 is 1.66 bits per heavy atom. The van der Waals surface area contributed by atoms with Crippen molar-refractivity contribution in [3.8, 4) is 28.4 Å². The molecule has 0 fully saturated rings. The molecule has 1 N–H and O–H groups in total. The van der Waals surface area contributed by atoms with Gasteiger partial charge in [0, 0.05) is 17.0 Å². The summed E-state index contributed by atoms with van der Waals surface area (Å²) >= 11 is 0. The van der Waals surface area contributed by atoms with Crippen molar-refractivity contribution in [3.63, 3.8) is 0 Å². The van der Waals surface area contributed by atoms with Crippen LogP contribution in [0.2, 0.25) is 0 Å². The molecule has 0 unspecified atom stereocenters. The van der Waals surface area contributed by atoms with Crippen LogP contribution in [0.4, 0.5) is 0 Å². The first-order valence-corrected chi connectivity index (χ1v) is 10.4. The van der Waals surface area contributed by atoms with E-state index in [0.717, 1.165) is 33.3 Å². The van der Waals surface area contributed by atoms with Gasteiger partial charge in [-0.25, -0.2) is 4.79 Å². The number of fused-ring (bicyclic) bond motifs is 1. The molecule has 0 aliphatic rings. The van der Waals surface area contributed by atoms with Gasteiger partial charge in [-0.05, 0) is 36.2 Å². The van der Waals surface area contributed by atoms with E-state index < -0.39 is 5.97 Å². The van der Waals surface area contributed by atoms with Crippen molar-refractivity contribution >= 4 is 16.9 Å². The normalized spacial score (nSPS) is 10.7. The third-order valence-corrected chi connectivity index (χ3v) is 5.18. The van der Waals surface area contributed by atoms with Crippen molar-refractivity contribution < 1.29 is 23.7 Å². The molecule has 1 aromatic heterocycles. The number of aromatic nitrogens is 1. The zero-order valence-corrected chi connectivity index (χ0v) is 18.3. The number of ether oxygens (including phenoxy) is 4. The summed E-state index contributed by atoms with van der Waals surface area (Å²) in [6.07, 6.45) is 0. The summed E-state index contributed by atoms with van der Waals surface area (Å²) in [5, 5.41) is 0.835. The molecule has 164 valence electrons. The second-order valence-electron chi connectivity index (χ2n) is 7.15. The van der Waals surface area contributed by atoms with Crippen molar-refractivity contribution in [3.05, 3.63) is 78.0 Å². The molecule has 0 aliphatic carbocycles. The number of benzene rings is 3. The Kier molecular flexibility index (Phi) is 6.31. The number of rotatable bonds is 8. The van der Waals surface area contributed by atoms with Gasteiger partial charge in [-0.3, -0.25) is 0 Å². The van der Waals surface area contributed by atoms with Crippen molar-refractivity contribution in [2.75, 3.05) is 20.8 Å². The highest BCUT2D eigenvalue weighted by molar-refractivity contribution is 6.08. The maximum atomic E-state index is 12.7. The highest BCUT2D eigenvalue weighted by Gasteiger charge is 2.22. The second kappa shape index (κ2) is 9.47. The summed E-state index contributed by atoms with van der Waals surface area (Å²) in [6.45, 7) is 2.47. The Morgan fingerprint density at radius 3 is 2.31 bits per heavy atom. The summed E-state index contributed by atoms with van der Waals surface area (Å²) in [5.74, 6) is 1.49. The van der Waals surface area contributed by atoms with Crippen molar-refractivity contribution in [2.24, 2.45) is 0 Å². The fourth-order valence-electron chi connectivity index (χ4n) is 3.62. The minimum absolute atomic E-state index is 0.283. The van der Waals surface area contributed by atoms with Crippen LogP contribution in [0.1, 0.15) is 23.0 Å². The molecule has 0 saturated heterocycles. The fourth-order valence-corrected chi connectivity index (χ4v) is 3.62. The van der Waals surface area contributed by atoms with Crippen molar-refractivity contribution in [1.82, 2.24) is 4.98 Å². The summed E-state index contributed by atoms with van der Waals surface area (Å²) in [7, 11) is 3.22. The molecule has 6 nitrogen and oxygen atoms in total. The highest BCUT2D eigenvalue weighted by Crippen LogP contribution is 2.40. The summed E-state index contributed by atoms with van der Waals surface area (Å²) in [6, 6.07) is 21.2. The first-order valence-electron chi connectivity index (χ1n) is 10.4. The number of nitrogens with one attached hydrogen (secondary N) is 1. The standard InChI is InChI=1S/C26H25NO5/c1-4-31-26(28)25-24(18-10-12-19(29-2)13-11-18)20-14-22(30-3)23(15-21(20)27-25)32-16-17-8-6-5-7-9-17/h5-15,27H,4,16H2,1-3H3. The summed E-state index contributed by atoms with van der Waals surface area (Å²) in [4.78, 5) is 16.0. The molecule has 0 bridgehead atoms. The molecule has 0 atom stereocenters. The number of hydrogen-bond acceptors (Lipinski definition) is 5. The third-order valence-electron chi connectivity index (χ3n) is 5.18. The van der Waals surface area contributed by atoms with E-state index in [1.807, 2.05) is 66.7 Å². The van der Waals surface area contributed by atoms with E-state index in [1.54, 1.807) is 21.1 Å². The topological polar surface area (TPSA) is 69.8 Å². The Balaban J connectivity index is 1.81. The lowest BCUT2D eigenvalue weighted by Gasteiger charge is -2.12. The maximum absolute atomic E-state index is 12.7. The van der Waals surface area contributed by atoms with Gasteiger partial charge in [0.1, 0.15) is 18.1 Å². The lowest BCUT2D eigenvalue weighted by Crippen LogP contribution is -2.06. The molecule has 4 rings (SSSR count). The van der Waals surface area contributed by atoms with E-state index in [2.05, 4.69) is 4.98 Å². The molecule has 0 amide bonds. The maximum Gasteiger partial charge on any atom is 0.355 e. The average Bonchev–Trinajstić information content (AvgIpc) is 3.21. The van der Waals surface area contributed by atoms with E-state index in [1.165, 1.54) is 0 Å². The van der Waals surface area contributed by atoms with Crippen LogP contribution in [-0.2, 0) is 11.3 Å². The van der Waals surface area contributed by atoms with Gasteiger partial charge >= 0.3 is 5.97 Å². The molecular formula is C26H25NO5. The molecule has 0 saturated carbocycles. The molecule has 0 aliphatic heterocycles. The minimum atomic E-state index is -0.416. The van der Waals surface area contributed by atoms with Crippen LogP contribution in [-0.4, -0.2) is 31.8 Å². The molecule has 0 spiro atoms. The van der Waals surface area contributed by atoms with E-state index in [0.29, 0.717) is 23.8 Å². The molecule has 1 heterocycles. The quantitative estimate of drug-likeness (QED) is 0.367. The highest BCUT2D eigenvalue weighted by atomic mass is 16.5. The second-order valence-corrected chi connectivity index (χ2v) is 7.15. The zero-order valence-electron chi connectivity index (χ0n) is 18.3. The molecule has 6 heteroatoms. The number of carbonyl (C=O) groups is 1. The fraction of sp³-hybridized carbons (Fsp3) is 0.192. The van der Waals surface area contributed by atoms with E-state index in [9.17, 15) is 4.79 Å². The van der Waals surface area contributed by atoms with Crippen LogP contribution in [0.5, 0.6) is 17.2 Å². The van der Waals surface area contributed by atoms with Gasteiger partial charge in [-0.1, -0.05) is 42.5 Å². The Labute approximate surface area is 186 Å². The smallest absolute Gasteiger partial charge is 0.355 e. The number of esters is 1.